The van der Waals surface area contributed by atoms with Crippen molar-refractivity contribution in [2.24, 2.45) is 0 Å². The summed E-state index contributed by atoms with van der Waals surface area (Å²) in [7, 11) is -32.8. The highest BCUT2D eigenvalue weighted by molar-refractivity contribution is 7.60. The molecule has 638 valence electrons. The van der Waals surface area contributed by atoms with Gasteiger partial charge in [0.05, 0.1) is 45.2 Å². The largest absolute Gasteiger partial charge is 0.756 e. The summed E-state index contributed by atoms with van der Waals surface area (Å²) in [6, 6.07) is 42.2. The zero-order valence-electron chi connectivity index (χ0n) is 60.2. The first-order chi connectivity index (χ1) is 55.8. The standard InChI is InChI=1S/C23H25N3O13P2.C23H24N2O13P2.C19H24N2O14P2/c27-18-11-12-26(22(29)25-18)21-20(38-23(30)24-16-9-5-2-6-10-16)19(28)17(37-21)14-36-41(33,34)39-40(31,32)35-13-15-7-3-1-4-8-15;26-18-11-12-25(23(29)24-18)21-20(37-22(28)16-9-5-2-6-10-16)19(27)17(36-21)14-35-40(32,33)38-39(30,31)34-13-15-7-3-1-4-8-15;1-2-10-30-36(26,27)35-37(28,29)31-11-13-15(23)16(34-19(25)32-12-6-4-3-5-7-12)17(33-13)21-9-8-14(22)20-18(21)24/h1-12,17,19-21,28H,13-14H2,(H,24,30)(H,31,32)(H,33,34)(H,25,27,29);1-12,17,19-21,27H,13-14H2,(H,30,31)(H,32,33)(H,24,26,29);3-9,13,15-17,23H,2,10-11H2,1H3,(H,26,27)(H,28,29)(H,20,22,24)/p-6/t2*17-,19+,20?,21-;13-,15+,16?,17-/m111/s1. The number of anilines is 1. The van der Waals surface area contributed by atoms with Crippen molar-refractivity contribution in [2.75, 3.05) is 31.7 Å². The number of hydrogen-bond donors (Lipinski definition) is 7. The van der Waals surface area contributed by atoms with Crippen LogP contribution >= 0.6 is 46.9 Å². The molecule has 47 nitrogen and oxygen atoms in total. The van der Waals surface area contributed by atoms with Crippen LogP contribution in [0, 0.1) is 0 Å². The van der Waals surface area contributed by atoms with Crippen LogP contribution in [0.1, 0.15) is 53.5 Å². The van der Waals surface area contributed by atoms with E-state index >= 15 is 0 Å². The van der Waals surface area contributed by atoms with Crippen LogP contribution in [0.15, 0.2) is 217 Å². The third-order valence-electron chi connectivity index (χ3n) is 15.7. The Balaban J connectivity index is 0.000000202. The summed E-state index contributed by atoms with van der Waals surface area (Å²) in [5.41, 5.74) is -3.93. The minimum atomic E-state index is -5.59. The van der Waals surface area contributed by atoms with E-state index in [0.29, 0.717) is 16.8 Å². The van der Waals surface area contributed by atoms with E-state index < -0.39 is 206 Å². The van der Waals surface area contributed by atoms with Crippen LogP contribution in [0.3, 0.4) is 0 Å². The van der Waals surface area contributed by atoms with Crippen molar-refractivity contribution in [3.8, 4) is 5.75 Å². The molecule has 0 aliphatic carbocycles. The van der Waals surface area contributed by atoms with E-state index in [-0.39, 0.29) is 24.3 Å². The number of carbonyl (C=O) groups excluding carboxylic acids is 3. The molecule has 0 radical (unpaired) electrons. The number of hydrogen-bond acceptors (Lipinski definition) is 40. The van der Waals surface area contributed by atoms with Gasteiger partial charge in [-0.1, -0.05) is 122 Å². The molecule has 53 heteroatoms. The molecule has 9 unspecified atom stereocenters. The van der Waals surface area contributed by atoms with Gasteiger partial charge < -0.3 is 105 Å². The van der Waals surface area contributed by atoms with Crippen molar-refractivity contribution >= 4 is 70.8 Å². The number of nitrogens with one attached hydrogen (secondary N) is 4. The number of aromatic nitrogens is 6. The Labute approximate surface area is 661 Å². The molecule has 3 aliphatic heterocycles. The van der Waals surface area contributed by atoms with E-state index in [2.05, 4.69) is 45.4 Å². The van der Waals surface area contributed by atoms with Crippen LogP contribution in [-0.2, 0) is 109 Å². The minimum absolute atomic E-state index is 0.0929. The molecule has 0 bridgehead atoms. The second kappa shape index (κ2) is 41.6. The number of benzene rings is 5. The third-order valence-corrected chi connectivity index (χ3v) is 23.3. The number of ether oxygens (including phenoxy) is 7. The number of amides is 1. The van der Waals surface area contributed by atoms with Gasteiger partial charge in [0.2, 0.25) is 0 Å². The first-order valence-electron chi connectivity index (χ1n) is 33.9. The number of aliphatic hydroxyl groups excluding tert-OH is 3. The molecule has 3 saturated heterocycles. The number of aromatic amines is 3. The van der Waals surface area contributed by atoms with Gasteiger partial charge >= 0.3 is 35.3 Å². The molecule has 8 aromatic rings. The fraction of sp³-hybridized carbons (Fsp3) is 0.308. The summed E-state index contributed by atoms with van der Waals surface area (Å²) in [4.78, 5) is 187. The maximum atomic E-state index is 12.6. The first-order valence-corrected chi connectivity index (χ1v) is 42.7. The van der Waals surface area contributed by atoms with Crippen molar-refractivity contribution in [1.29, 1.82) is 0 Å². The van der Waals surface area contributed by atoms with Crippen LogP contribution in [0.2, 0.25) is 0 Å². The van der Waals surface area contributed by atoms with Crippen LogP contribution < -0.4 is 73.2 Å². The smallest absolute Gasteiger partial charge is 0.514 e. The molecule has 3 aromatic heterocycles. The number of rotatable bonds is 33. The third kappa shape index (κ3) is 27.9. The van der Waals surface area contributed by atoms with Gasteiger partial charge in [-0.2, -0.15) is 0 Å². The zero-order valence-corrected chi connectivity index (χ0v) is 65.6. The fourth-order valence-corrected chi connectivity index (χ4v) is 16.5. The Bertz CT molecular complexity index is 5400. The van der Waals surface area contributed by atoms with E-state index in [0.717, 1.165) is 50.5 Å². The number of phosphoric acid groups is 6. The second-order valence-corrected chi connectivity index (χ2v) is 33.1. The van der Waals surface area contributed by atoms with E-state index in [1.807, 2.05) is 15.0 Å². The molecule has 6 heterocycles. The van der Waals surface area contributed by atoms with Gasteiger partial charge in [-0.15, -0.1) is 0 Å². The summed E-state index contributed by atoms with van der Waals surface area (Å²) in [5, 5.41) is 34.7. The molecular weight excluding hydrogens is 1700 g/mol. The average molecular weight is 1770 g/mol. The van der Waals surface area contributed by atoms with Gasteiger partial charge in [-0.05, 0) is 53.9 Å². The average Bonchev–Trinajstić information content (AvgIpc) is 1.65. The van der Waals surface area contributed by atoms with E-state index in [1.54, 1.807) is 110 Å². The van der Waals surface area contributed by atoms with Gasteiger partial charge in [-0.25, -0.2) is 41.7 Å². The Hall–Kier alpha value is -9.31. The first kappa shape index (κ1) is 92.6. The molecule has 3 fully saturated rings. The van der Waals surface area contributed by atoms with Gasteiger partial charge in [0.15, 0.2) is 37.0 Å². The molecule has 5 aromatic carbocycles. The van der Waals surface area contributed by atoms with Crippen molar-refractivity contribution in [1.82, 2.24) is 28.7 Å². The predicted octanol–water partition coefficient (Wildman–Crippen LogP) is 0.582. The number of aliphatic hydroxyl groups is 3. The molecule has 1 amide bonds. The van der Waals surface area contributed by atoms with E-state index in [9.17, 15) is 115 Å². The molecule has 18 atom stereocenters. The van der Waals surface area contributed by atoms with Crippen LogP contribution in [-0.4, -0.2) is 144 Å². The van der Waals surface area contributed by atoms with Crippen molar-refractivity contribution in [3.05, 3.63) is 268 Å². The number of phosphoric ester groups is 6. The fourth-order valence-electron chi connectivity index (χ4n) is 10.4. The SMILES string of the molecule is CCCOP(=O)([O-])OP(=O)([O-])OC[C@H]1O[C@@H](n2ccc(=O)[nH]c2=O)C(OC(=O)Oc2ccccc2)[C@H]1O.O=C(Nc1ccccc1)OC1[C@@H](O)[C@@H](COP(=O)([O-])OP(=O)([O-])OCc2ccccc2)O[C@H]1n1ccc(=O)[nH]c1=O.O=C(OC1[C@@H](O)[C@@H](COP(=O)([O-])OP(=O)([O-])OCc2ccccc2)O[C@H]1n1ccc(=O)[nH]c1=O)c1ccccc1. The van der Waals surface area contributed by atoms with Gasteiger partial charge in [-0.3, -0.25) is 75.7 Å². The Morgan fingerprint density at radius 2 is 0.746 bits per heavy atom. The maximum absolute atomic E-state index is 12.6. The van der Waals surface area contributed by atoms with Crippen molar-refractivity contribution in [3.63, 3.8) is 0 Å². The van der Waals surface area contributed by atoms with E-state index in [4.69, 9.17) is 33.2 Å². The Kier molecular flexibility index (Phi) is 32.6. The maximum Gasteiger partial charge on any atom is 0.514 e. The van der Waals surface area contributed by atoms with Gasteiger partial charge in [0.25, 0.3) is 63.6 Å². The summed E-state index contributed by atoms with van der Waals surface area (Å²) < 4.78 is 151. The number of esters is 1. The number of nitrogens with zero attached hydrogens (tertiary/aromatic N) is 3. The molecular formula is C65H67N7O40P6-6. The molecule has 0 spiro atoms. The highest BCUT2D eigenvalue weighted by Crippen LogP contribution is 2.58. The summed E-state index contributed by atoms with van der Waals surface area (Å²) in [6.45, 7) is -2.81. The lowest BCUT2D eigenvalue weighted by atomic mass is 10.1. The van der Waals surface area contributed by atoms with Crippen LogP contribution in [0.5, 0.6) is 5.75 Å². The van der Waals surface area contributed by atoms with Crippen LogP contribution in [0.25, 0.3) is 0 Å². The summed E-state index contributed by atoms with van der Waals surface area (Å²) in [5.74, 6) is -0.812. The lowest BCUT2D eigenvalue weighted by molar-refractivity contribution is -0.248. The summed E-state index contributed by atoms with van der Waals surface area (Å²) in [6.07, 6.45) is -18.8. The quantitative estimate of drug-likeness (QED) is 0.0128. The van der Waals surface area contributed by atoms with Gasteiger partial charge in [0.1, 0.15) is 42.4 Å². The Morgan fingerprint density at radius 1 is 0.424 bits per heavy atom. The number of H-pyrrole nitrogens is 3. The Morgan fingerprint density at radius 3 is 1.11 bits per heavy atom. The normalized spacial score (nSPS) is 23.8. The second-order valence-electron chi connectivity index (χ2n) is 24.2. The predicted molar refractivity (Wildman–Crippen MR) is 382 cm³/mol. The molecule has 0 saturated carbocycles. The van der Waals surface area contributed by atoms with Crippen molar-refractivity contribution < 1.29 is 160 Å². The molecule has 3 aliphatic rings. The van der Waals surface area contributed by atoms with Crippen LogP contribution in [0.4, 0.5) is 15.3 Å². The molecule has 11 rings (SSSR count). The highest BCUT2D eigenvalue weighted by Gasteiger charge is 2.51. The lowest BCUT2D eigenvalue weighted by Gasteiger charge is -2.31. The number of carbonyl (C=O) groups is 3. The number of para-hydroxylation sites is 2. The zero-order chi connectivity index (χ0) is 85.8. The topological polar surface area (TPSA) is 677 Å². The molecule has 118 heavy (non-hydrogen) atoms. The monoisotopic (exact) mass is 1770 g/mol. The highest BCUT2D eigenvalue weighted by atomic mass is 31.3. The summed E-state index contributed by atoms with van der Waals surface area (Å²) >= 11 is 0. The van der Waals surface area contributed by atoms with Gasteiger partial charge in [0, 0.05) is 42.5 Å². The minimum Gasteiger partial charge on any atom is -0.756 e. The molecule has 7 N–H and O–H groups in total. The van der Waals surface area contributed by atoms with E-state index in [1.165, 1.54) is 48.5 Å². The van der Waals surface area contributed by atoms with Crippen molar-refractivity contribution in [2.45, 2.75) is 100 Å². The lowest BCUT2D eigenvalue weighted by Crippen LogP contribution is -2.41.